The zero-order valence-electron chi connectivity index (χ0n) is 14.6. The van der Waals surface area contributed by atoms with Crippen molar-refractivity contribution >= 4 is 29.3 Å². The number of alkyl halides is 1. The van der Waals surface area contributed by atoms with Gasteiger partial charge in [0.2, 0.25) is 11.4 Å². The molecule has 1 saturated heterocycles. The van der Waals surface area contributed by atoms with Crippen molar-refractivity contribution in [2.24, 2.45) is 5.92 Å². The number of ether oxygens (including phenoxy) is 2. The third kappa shape index (κ3) is 3.76. The number of halogens is 1. The molecule has 0 radical (unpaired) electrons. The quantitative estimate of drug-likeness (QED) is 0.328. The molecule has 2 fully saturated rings. The van der Waals surface area contributed by atoms with Crippen molar-refractivity contribution in [2.45, 2.75) is 49.9 Å². The van der Waals surface area contributed by atoms with Crippen molar-refractivity contribution in [1.29, 1.82) is 0 Å². The Morgan fingerprint density at radius 1 is 1.27 bits per heavy atom. The number of β-lactam (4-membered cyclic amide) rings is 1. The van der Waals surface area contributed by atoms with Gasteiger partial charge in [0.05, 0.1) is 6.04 Å². The number of amides is 1. The lowest BCUT2D eigenvalue weighted by Gasteiger charge is -2.47. The molecule has 0 N–H and O–H groups in total. The molecule has 140 valence electrons. The van der Waals surface area contributed by atoms with Gasteiger partial charge in [-0.15, -0.1) is 0 Å². The number of benzene rings is 1. The molecule has 1 aromatic carbocycles. The first-order chi connectivity index (χ1) is 12.5. The second-order valence-electron chi connectivity index (χ2n) is 6.67. The number of hydrogen-bond donors (Lipinski definition) is 0. The van der Waals surface area contributed by atoms with E-state index in [2.05, 4.69) is 0 Å². The molecule has 7 heteroatoms. The fraction of sp³-hybridized carbons (Fsp3) is 0.526. The molecule has 26 heavy (non-hydrogen) atoms. The Balaban J connectivity index is 1.62. The molecule has 1 unspecified atom stereocenters. The molecule has 3 rings (SSSR count). The van der Waals surface area contributed by atoms with Crippen LogP contribution in [0.15, 0.2) is 30.3 Å². The second kappa shape index (κ2) is 8.18. The average Bonchev–Trinajstić information content (AvgIpc) is 2.65. The van der Waals surface area contributed by atoms with Crippen molar-refractivity contribution in [3.8, 4) is 0 Å². The molecule has 1 aliphatic carbocycles. The van der Waals surface area contributed by atoms with E-state index in [1.807, 2.05) is 30.3 Å². The standard InChI is InChI=1S/C19H22ClNO5/c1-25-15-9-5-8-13(17(15)23)14-10-16(22)21(14)18(20)19(24)26-11-12-6-3-2-4-7-12/h2-4,6-7,13-15,18H,5,8-11H2,1H3/t13-,14+,15-,18?/m1/s1. The monoisotopic (exact) mass is 379 g/mol. The molecule has 1 amide bonds. The van der Waals surface area contributed by atoms with E-state index in [4.69, 9.17) is 21.1 Å². The fourth-order valence-corrected chi connectivity index (χ4v) is 3.98. The van der Waals surface area contributed by atoms with E-state index in [0.717, 1.165) is 12.0 Å². The Morgan fingerprint density at radius 3 is 2.65 bits per heavy atom. The summed E-state index contributed by atoms with van der Waals surface area (Å²) in [5, 5.41) is 0. The molecule has 2 aliphatic rings. The normalized spacial score (nSPS) is 27.0. The van der Waals surface area contributed by atoms with Gasteiger partial charge >= 0.3 is 5.97 Å². The lowest BCUT2D eigenvalue weighted by Crippen LogP contribution is -2.63. The molecule has 0 aromatic heterocycles. The highest BCUT2D eigenvalue weighted by molar-refractivity contribution is 6.30. The number of methoxy groups -OCH3 is 1. The van der Waals surface area contributed by atoms with Crippen LogP contribution in [0.3, 0.4) is 0 Å². The first-order valence-electron chi connectivity index (χ1n) is 8.75. The van der Waals surface area contributed by atoms with Crippen molar-refractivity contribution < 1.29 is 23.9 Å². The Labute approximate surface area is 157 Å². The van der Waals surface area contributed by atoms with Crippen LogP contribution in [-0.4, -0.2) is 47.3 Å². The Morgan fingerprint density at radius 2 is 2.00 bits per heavy atom. The summed E-state index contributed by atoms with van der Waals surface area (Å²) in [7, 11) is 1.51. The third-order valence-electron chi connectivity index (χ3n) is 5.10. The number of carbonyl (C=O) groups excluding carboxylic acids is 3. The summed E-state index contributed by atoms with van der Waals surface area (Å²) in [4.78, 5) is 38.1. The van der Waals surface area contributed by atoms with Gasteiger partial charge in [0.25, 0.3) is 0 Å². The zero-order valence-corrected chi connectivity index (χ0v) is 15.4. The summed E-state index contributed by atoms with van der Waals surface area (Å²) in [6.45, 7) is 0.0870. The number of Topliss-reactive ketones (excluding diaryl/α,β-unsaturated/α-hetero) is 1. The summed E-state index contributed by atoms with van der Waals surface area (Å²) >= 11 is 6.21. The number of carbonyl (C=O) groups is 3. The summed E-state index contributed by atoms with van der Waals surface area (Å²) in [6.07, 6.45) is 2.00. The van der Waals surface area contributed by atoms with Gasteiger partial charge in [0, 0.05) is 19.4 Å². The number of ketones is 1. The highest BCUT2D eigenvalue weighted by Crippen LogP contribution is 2.37. The van der Waals surface area contributed by atoms with Crippen molar-refractivity contribution in [3.05, 3.63) is 35.9 Å². The van der Waals surface area contributed by atoms with Gasteiger partial charge in [-0.2, -0.15) is 0 Å². The summed E-state index contributed by atoms with van der Waals surface area (Å²) in [6, 6.07) is 8.86. The number of hydrogen-bond acceptors (Lipinski definition) is 5. The van der Waals surface area contributed by atoms with Crippen LogP contribution in [0.25, 0.3) is 0 Å². The van der Waals surface area contributed by atoms with E-state index in [0.29, 0.717) is 12.8 Å². The number of nitrogens with zero attached hydrogens (tertiary/aromatic N) is 1. The number of esters is 1. The molecular formula is C19H22ClNO5. The van der Waals surface area contributed by atoms with E-state index in [1.165, 1.54) is 12.0 Å². The van der Waals surface area contributed by atoms with Crippen LogP contribution in [-0.2, 0) is 30.5 Å². The van der Waals surface area contributed by atoms with Gasteiger partial charge in [0.1, 0.15) is 12.7 Å². The predicted molar refractivity (Wildman–Crippen MR) is 94.3 cm³/mol. The van der Waals surface area contributed by atoms with Crippen LogP contribution in [0.5, 0.6) is 0 Å². The predicted octanol–water partition coefficient (Wildman–Crippen LogP) is 2.28. The third-order valence-corrected chi connectivity index (χ3v) is 5.49. The highest BCUT2D eigenvalue weighted by atomic mass is 35.5. The smallest absolute Gasteiger partial charge is 0.344 e. The molecule has 1 heterocycles. The van der Waals surface area contributed by atoms with Crippen molar-refractivity contribution in [2.75, 3.05) is 7.11 Å². The highest BCUT2D eigenvalue weighted by Gasteiger charge is 2.50. The van der Waals surface area contributed by atoms with Crippen LogP contribution in [0.2, 0.25) is 0 Å². The first kappa shape index (κ1) is 18.9. The molecule has 0 bridgehead atoms. The van der Waals surface area contributed by atoms with Gasteiger partial charge in [-0.25, -0.2) is 4.79 Å². The zero-order chi connectivity index (χ0) is 18.7. The van der Waals surface area contributed by atoms with E-state index < -0.39 is 17.6 Å². The number of rotatable bonds is 6. The van der Waals surface area contributed by atoms with E-state index in [-0.39, 0.29) is 36.7 Å². The average molecular weight is 380 g/mol. The minimum Gasteiger partial charge on any atom is -0.458 e. The van der Waals surface area contributed by atoms with Gasteiger partial charge < -0.3 is 14.4 Å². The van der Waals surface area contributed by atoms with Crippen molar-refractivity contribution in [1.82, 2.24) is 4.90 Å². The molecule has 4 atom stereocenters. The molecule has 1 aliphatic heterocycles. The van der Waals surface area contributed by atoms with Crippen LogP contribution >= 0.6 is 11.6 Å². The van der Waals surface area contributed by atoms with E-state index in [1.54, 1.807) is 0 Å². The summed E-state index contributed by atoms with van der Waals surface area (Å²) in [5.74, 6) is -1.27. The van der Waals surface area contributed by atoms with Crippen molar-refractivity contribution in [3.63, 3.8) is 0 Å². The van der Waals surface area contributed by atoms with Crippen LogP contribution in [0.1, 0.15) is 31.2 Å². The van der Waals surface area contributed by atoms with Gasteiger partial charge in [-0.3, -0.25) is 9.59 Å². The summed E-state index contributed by atoms with van der Waals surface area (Å²) in [5.41, 5.74) is -0.387. The topological polar surface area (TPSA) is 72.9 Å². The maximum atomic E-state index is 12.5. The summed E-state index contributed by atoms with van der Waals surface area (Å²) < 4.78 is 10.5. The molecule has 1 aromatic rings. The molecule has 1 saturated carbocycles. The maximum Gasteiger partial charge on any atom is 0.344 e. The fourth-order valence-electron chi connectivity index (χ4n) is 3.66. The van der Waals surface area contributed by atoms with E-state index in [9.17, 15) is 14.4 Å². The number of likely N-dealkylation sites (tertiary alicyclic amines) is 1. The molecular weight excluding hydrogens is 358 g/mol. The Bertz CT molecular complexity index is 680. The van der Waals surface area contributed by atoms with Crippen LogP contribution in [0, 0.1) is 5.92 Å². The Kier molecular flexibility index (Phi) is 5.94. The molecule has 6 nitrogen and oxygen atoms in total. The van der Waals surface area contributed by atoms with Crippen LogP contribution in [0.4, 0.5) is 0 Å². The second-order valence-corrected chi connectivity index (χ2v) is 7.08. The molecule has 0 spiro atoms. The van der Waals surface area contributed by atoms with Gasteiger partial charge in [-0.1, -0.05) is 41.9 Å². The minimum atomic E-state index is -1.22. The van der Waals surface area contributed by atoms with Crippen LogP contribution < -0.4 is 0 Å². The van der Waals surface area contributed by atoms with E-state index >= 15 is 0 Å². The SMILES string of the molecule is CO[C@@H]1CCC[C@H]([C@@H]2CC(=O)N2C(Cl)C(=O)OCc2ccccc2)C1=O. The Hall–Kier alpha value is -1.92. The minimum absolute atomic E-state index is 0.0113. The van der Waals surface area contributed by atoms with Gasteiger partial charge in [0.15, 0.2) is 5.78 Å². The van der Waals surface area contributed by atoms with Gasteiger partial charge in [-0.05, 0) is 24.8 Å². The lowest BCUT2D eigenvalue weighted by atomic mass is 9.76. The first-order valence-corrected chi connectivity index (χ1v) is 9.19. The lowest BCUT2D eigenvalue weighted by molar-refractivity contribution is -0.166. The largest absolute Gasteiger partial charge is 0.458 e. The maximum absolute atomic E-state index is 12.5.